The topological polar surface area (TPSA) is 110 Å². The van der Waals surface area contributed by atoms with Crippen molar-refractivity contribution >= 4 is 29.3 Å². The summed E-state index contributed by atoms with van der Waals surface area (Å²) in [6.45, 7) is 0. The highest BCUT2D eigenvalue weighted by Crippen LogP contribution is 2.21. The molecule has 1 heterocycles. The number of para-hydroxylation sites is 1. The number of carbonyl (C=O) groups is 2. The second-order valence-electron chi connectivity index (χ2n) is 4.70. The molecule has 3 rings (SSSR count). The van der Waals surface area contributed by atoms with Crippen molar-refractivity contribution in [3.8, 4) is 0 Å². The van der Waals surface area contributed by atoms with Gasteiger partial charge in [-0.2, -0.15) is 0 Å². The van der Waals surface area contributed by atoms with Gasteiger partial charge in [-0.3, -0.25) is 15.0 Å². The zero-order chi connectivity index (χ0) is 15.5. The minimum atomic E-state index is -0.458. The summed E-state index contributed by atoms with van der Waals surface area (Å²) < 4.78 is 0. The van der Waals surface area contributed by atoms with Crippen molar-refractivity contribution in [2.75, 3.05) is 5.01 Å². The molecule has 7 nitrogen and oxygen atoms in total. The molecule has 23 heavy (non-hydrogen) atoms. The quantitative estimate of drug-likeness (QED) is 0.633. The lowest BCUT2D eigenvalue weighted by molar-refractivity contribution is -0.379. The third-order valence-corrected chi connectivity index (χ3v) is 3.25. The average Bonchev–Trinajstić information content (AvgIpc) is 2.84. The van der Waals surface area contributed by atoms with E-state index in [1.807, 2.05) is 6.07 Å². The van der Waals surface area contributed by atoms with Gasteiger partial charge in [-0.15, -0.1) is 0 Å². The first-order chi connectivity index (χ1) is 10.7. The molecule has 1 aliphatic heterocycles. The van der Waals surface area contributed by atoms with Crippen LogP contribution in [0, 0.1) is 4.91 Å². The van der Waals surface area contributed by atoms with Crippen molar-refractivity contribution in [1.29, 1.82) is 0 Å². The van der Waals surface area contributed by atoms with Gasteiger partial charge in [-0.25, -0.2) is 5.01 Å². The summed E-state index contributed by atoms with van der Waals surface area (Å²) >= 11 is 0. The minimum absolute atomic E-state index is 0. The highest BCUT2D eigenvalue weighted by Gasteiger charge is 2.34. The normalized spacial score (nSPS) is 15.3. The van der Waals surface area contributed by atoms with E-state index >= 15 is 0 Å². The van der Waals surface area contributed by atoms with Crippen LogP contribution in [0.25, 0.3) is 6.08 Å². The lowest BCUT2D eigenvalue weighted by Crippen LogP contribution is -2.55. The first-order valence-corrected chi connectivity index (χ1v) is 6.59. The van der Waals surface area contributed by atoms with E-state index in [1.165, 1.54) is 11.1 Å². The fourth-order valence-corrected chi connectivity index (χ4v) is 2.13. The summed E-state index contributed by atoms with van der Waals surface area (Å²) in [7, 11) is 0. The molecule has 0 spiro atoms. The van der Waals surface area contributed by atoms with E-state index in [-0.39, 0.29) is 11.0 Å². The highest BCUT2D eigenvalue weighted by molar-refractivity contribution is 6.31. The van der Waals surface area contributed by atoms with E-state index in [2.05, 4.69) is 5.43 Å². The van der Waals surface area contributed by atoms with E-state index < -0.39 is 11.8 Å². The molecule has 1 fully saturated rings. The van der Waals surface area contributed by atoms with Gasteiger partial charge >= 0.3 is 0 Å². The van der Waals surface area contributed by atoms with Crippen molar-refractivity contribution in [3.63, 3.8) is 0 Å². The van der Waals surface area contributed by atoms with Crippen molar-refractivity contribution in [2.24, 2.45) is 0 Å². The van der Waals surface area contributed by atoms with Crippen LogP contribution in [0.5, 0.6) is 0 Å². The summed E-state index contributed by atoms with van der Waals surface area (Å²) in [5, 5.41) is 2.98. The van der Waals surface area contributed by atoms with Crippen LogP contribution in [0.2, 0.25) is 0 Å². The third-order valence-electron chi connectivity index (χ3n) is 3.25. The first kappa shape index (κ1) is 16.1. The van der Waals surface area contributed by atoms with Gasteiger partial charge in [0.25, 0.3) is 17.5 Å². The van der Waals surface area contributed by atoms with Crippen molar-refractivity contribution in [2.45, 2.75) is 0 Å². The Hall–Kier alpha value is -3.32. The fraction of sp³-hybridized carbons (Fsp3) is 0. The predicted molar refractivity (Wildman–Crippen MR) is 82.4 cm³/mol. The maximum absolute atomic E-state index is 12.4. The van der Waals surface area contributed by atoms with E-state index in [0.29, 0.717) is 16.9 Å². The lowest BCUT2D eigenvalue weighted by atomic mass is 10.1. The van der Waals surface area contributed by atoms with Crippen LogP contribution in [-0.2, 0) is 9.59 Å². The van der Waals surface area contributed by atoms with Gasteiger partial charge in [-0.1, -0.05) is 18.2 Å². The molecule has 0 radical (unpaired) electrons. The number of benzene rings is 2. The zero-order valence-electron chi connectivity index (χ0n) is 11.9. The molecule has 0 aromatic heterocycles. The van der Waals surface area contributed by atoms with Crippen LogP contribution >= 0.6 is 0 Å². The molecule has 0 unspecified atom stereocenters. The molecule has 116 valence electrons. The van der Waals surface area contributed by atoms with E-state index in [1.54, 1.807) is 53.7 Å². The Morgan fingerprint density at radius 2 is 1.61 bits per heavy atom. The molecule has 1 aliphatic rings. The SMILES string of the molecule is O=[NH+]c1ccc(/C=C2/C(=O)NN(c3ccccc3)C2=O)cc1.[OH-]. The molecular weight excluding hydrogens is 298 g/mol. The van der Waals surface area contributed by atoms with Crippen LogP contribution in [-0.4, -0.2) is 17.3 Å². The number of hydrogen-bond donors (Lipinski definition) is 2. The molecule has 2 amide bonds. The van der Waals surface area contributed by atoms with Gasteiger partial charge in [0.15, 0.2) is 0 Å². The molecular formula is C16H13N3O4. The Labute approximate surface area is 131 Å². The zero-order valence-corrected chi connectivity index (χ0v) is 11.9. The Morgan fingerprint density at radius 3 is 2.22 bits per heavy atom. The lowest BCUT2D eigenvalue weighted by Gasteiger charge is -2.13. The molecule has 0 bridgehead atoms. The Bertz CT molecular complexity index is 770. The summed E-state index contributed by atoms with van der Waals surface area (Å²) in [5.74, 6) is -0.873. The largest absolute Gasteiger partial charge is 0.870 e. The third kappa shape index (κ3) is 3.14. The number of rotatable bonds is 3. The number of nitroso groups, excluding NO2 is 1. The number of anilines is 1. The summed E-state index contributed by atoms with van der Waals surface area (Å²) in [6, 6.07) is 15.3. The molecule has 0 aliphatic carbocycles. The van der Waals surface area contributed by atoms with Crippen LogP contribution in [0.15, 0.2) is 60.2 Å². The molecule has 3 N–H and O–H groups in total. The monoisotopic (exact) mass is 311 g/mol. The molecule has 2 aromatic rings. The highest BCUT2D eigenvalue weighted by atomic mass is 16.3. The van der Waals surface area contributed by atoms with Gasteiger partial charge in [0.1, 0.15) is 5.57 Å². The summed E-state index contributed by atoms with van der Waals surface area (Å²) in [4.78, 5) is 34.8. The number of hydrogen-bond acceptors (Lipinski definition) is 4. The number of nitrogens with one attached hydrogen (secondary N) is 2. The van der Waals surface area contributed by atoms with E-state index in [0.717, 1.165) is 0 Å². The van der Waals surface area contributed by atoms with E-state index in [9.17, 15) is 14.5 Å². The van der Waals surface area contributed by atoms with E-state index in [4.69, 9.17) is 0 Å². The number of amides is 2. The molecule has 2 aromatic carbocycles. The second kappa shape index (κ2) is 6.63. The van der Waals surface area contributed by atoms with Gasteiger partial charge in [0.05, 0.1) is 5.69 Å². The van der Waals surface area contributed by atoms with Crippen LogP contribution in [0.1, 0.15) is 5.56 Å². The second-order valence-corrected chi connectivity index (χ2v) is 4.70. The summed E-state index contributed by atoms with van der Waals surface area (Å²) in [5.41, 5.74) is 4.24. The Kier molecular flexibility index (Phi) is 4.63. The predicted octanol–water partition coefficient (Wildman–Crippen LogP) is 0.450. The number of hydrazine groups is 1. The maximum atomic E-state index is 12.4. The first-order valence-electron chi connectivity index (χ1n) is 6.59. The smallest absolute Gasteiger partial charge is 0.282 e. The van der Waals surface area contributed by atoms with Crippen LogP contribution in [0.4, 0.5) is 11.4 Å². The maximum Gasteiger partial charge on any atom is 0.282 e. The van der Waals surface area contributed by atoms with Crippen LogP contribution < -0.4 is 15.6 Å². The van der Waals surface area contributed by atoms with Crippen LogP contribution in [0.3, 0.4) is 0 Å². The average molecular weight is 311 g/mol. The van der Waals surface area contributed by atoms with Crippen molar-refractivity contribution < 1.29 is 20.2 Å². The van der Waals surface area contributed by atoms with Crippen molar-refractivity contribution in [1.82, 2.24) is 5.43 Å². The van der Waals surface area contributed by atoms with Crippen molar-refractivity contribution in [3.05, 3.63) is 70.6 Å². The molecule has 7 heteroatoms. The minimum Gasteiger partial charge on any atom is -0.870 e. The van der Waals surface area contributed by atoms with Gasteiger partial charge in [0, 0.05) is 22.2 Å². The van der Waals surface area contributed by atoms with Gasteiger partial charge in [0.2, 0.25) is 0 Å². The number of carbonyl (C=O) groups excluding carboxylic acids is 2. The Morgan fingerprint density at radius 1 is 0.957 bits per heavy atom. The van der Waals surface area contributed by atoms with Gasteiger partial charge in [-0.05, 0) is 35.9 Å². The summed E-state index contributed by atoms with van der Waals surface area (Å²) in [6.07, 6.45) is 1.50. The molecule has 1 saturated heterocycles. The van der Waals surface area contributed by atoms with Gasteiger partial charge < -0.3 is 5.48 Å². The standard InChI is InChI=1S/C16H11N3O3.H2O/c20-15-14(10-11-6-8-12(18-22)9-7-11)16(21)19(17-15)13-4-2-1-3-5-13;/h1-10H,(H,17,20);1H2/b14-10-;. The number of nitrogens with zero attached hydrogens (tertiary/aromatic N) is 1. The fourth-order valence-electron chi connectivity index (χ4n) is 2.13. The molecule has 0 atom stereocenters. The molecule has 0 saturated carbocycles. The Balaban J connectivity index is 0.00000192.